The van der Waals surface area contributed by atoms with E-state index in [1.807, 2.05) is 6.92 Å². The minimum absolute atomic E-state index is 0.00789. The fourth-order valence-corrected chi connectivity index (χ4v) is 5.10. The van der Waals surface area contributed by atoms with Crippen molar-refractivity contribution in [2.24, 2.45) is 0 Å². The number of carbonyl (C=O) groups excluding carboxylic acids is 1. The van der Waals surface area contributed by atoms with E-state index in [0.717, 1.165) is 0 Å². The molecule has 17 heteroatoms. The molecule has 226 valence electrons. The van der Waals surface area contributed by atoms with Crippen LogP contribution in [0, 0.1) is 13.8 Å². The van der Waals surface area contributed by atoms with Crippen LogP contribution in [-0.2, 0) is 20.8 Å². The van der Waals surface area contributed by atoms with Gasteiger partial charge in [0.05, 0.1) is 31.0 Å². The molecule has 2 aliphatic rings. The lowest BCUT2D eigenvalue weighted by Crippen LogP contribution is -2.34. The van der Waals surface area contributed by atoms with Gasteiger partial charge in [-0.2, -0.15) is 0 Å². The summed E-state index contributed by atoms with van der Waals surface area (Å²) in [5.74, 6) is 0. The summed E-state index contributed by atoms with van der Waals surface area (Å²) in [5.41, 5.74) is -1.02. The van der Waals surface area contributed by atoms with E-state index >= 15 is 0 Å². The highest BCUT2D eigenvalue weighted by Crippen LogP contribution is 2.37. The van der Waals surface area contributed by atoms with Crippen molar-refractivity contribution in [3.63, 3.8) is 0 Å². The Morgan fingerprint density at radius 1 is 1.00 bits per heavy atom. The van der Waals surface area contributed by atoms with Gasteiger partial charge in [-0.05, 0) is 20.3 Å². The highest BCUT2D eigenvalue weighted by molar-refractivity contribution is 5.67. The predicted molar refractivity (Wildman–Crippen MR) is 143 cm³/mol. The van der Waals surface area contributed by atoms with Crippen molar-refractivity contribution in [2.45, 2.75) is 83.4 Å². The zero-order chi connectivity index (χ0) is 30.1. The quantitative estimate of drug-likeness (QED) is 0.253. The Kier molecular flexibility index (Phi) is 8.24. The van der Waals surface area contributed by atoms with Crippen LogP contribution in [0.4, 0.5) is 4.79 Å². The Hall–Kier alpha value is -4.35. The van der Waals surface area contributed by atoms with Crippen molar-refractivity contribution >= 4 is 6.09 Å². The number of aromatic nitrogens is 7. The van der Waals surface area contributed by atoms with Crippen LogP contribution in [0.2, 0.25) is 0 Å². The second kappa shape index (κ2) is 11.9. The molecule has 1 amide bonds. The van der Waals surface area contributed by atoms with E-state index in [1.54, 1.807) is 24.7 Å². The van der Waals surface area contributed by atoms with Crippen molar-refractivity contribution in [1.82, 2.24) is 39.4 Å². The maximum Gasteiger partial charge on any atom is 0.407 e. The smallest absolute Gasteiger partial charge is 0.407 e. The largest absolute Gasteiger partial charge is 0.447 e. The molecule has 6 atom stereocenters. The second-order valence-corrected chi connectivity index (χ2v) is 10.4. The summed E-state index contributed by atoms with van der Waals surface area (Å²) in [5, 5.41) is 21.2. The Labute approximate surface area is 237 Å². The number of ether oxygens (including phenoxy) is 3. The van der Waals surface area contributed by atoms with E-state index in [1.165, 1.54) is 21.5 Å². The van der Waals surface area contributed by atoms with Crippen LogP contribution in [-0.4, -0.2) is 70.2 Å². The Bertz CT molecular complexity index is 1690. The fourth-order valence-electron chi connectivity index (χ4n) is 5.10. The first-order chi connectivity index (χ1) is 20.0. The van der Waals surface area contributed by atoms with E-state index in [-0.39, 0.29) is 31.7 Å². The maximum absolute atomic E-state index is 12.3. The summed E-state index contributed by atoms with van der Waals surface area (Å²) in [6, 6.07) is -0.236. The highest BCUT2D eigenvalue weighted by Gasteiger charge is 2.38. The molecule has 4 N–H and O–H groups in total. The van der Waals surface area contributed by atoms with Gasteiger partial charge in [-0.15, -0.1) is 5.10 Å². The number of aromatic amines is 2. The van der Waals surface area contributed by atoms with E-state index < -0.39 is 53.3 Å². The molecule has 3 aromatic rings. The molecule has 2 aliphatic heterocycles. The van der Waals surface area contributed by atoms with Crippen LogP contribution in [0.5, 0.6) is 0 Å². The number of nitrogens with one attached hydrogen (secondary N) is 3. The summed E-state index contributed by atoms with van der Waals surface area (Å²) in [6.07, 6.45) is 1.30. The van der Waals surface area contributed by atoms with E-state index in [0.29, 0.717) is 29.7 Å². The normalized spacial score (nSPS) is 25.5. The molecule has 5 heterocycles. The monoisotopic (exact) mass is 588 g/mol. The number of aliphatic hydroxyl groups is 1. The van der Waals surface area contributed by atoms with Gasteiger partial charge in [-0.3, -0.25) is 28.7 Å². The number of nitrogens with zero attached hydrogens (tertiary/aromatic N) is 5. The summed E-state index contributed by atoms with van der Waals surface area (Å²) < 4.78 is 21.2. The van der Waals surface area contributed by atoms with Crippen molar-refractivity contribution in [3.8, 4) is 0 Å². The van der Waals surface area contributed by atoms with Crippen LogP contribution in [0.25, 0.3) is 0 Å². The van der Waals surface area contributed by atoms with Crippen LogP contribution in [0.15, 0.2) is 37.8 Å². The van der Waals surface area contributed by atoms with E-state index in [2.05, 4.69) is 25.6 Å². The third-order valence-electron chi connectivity index (χ3n) is 7.41. The van der Waals surface area contributed by atoms with Gasteiger partial charge in [0.25, 0.3) is 11.1 Å². The highest BCUT2D eigenvalue weighted by atomic mass is 16.6. The van der Waals surface area contributed by atoms with Crippen molar-refractivity contribution in [2.75, 3.05) is 6.61 Å². The average molecular weight is 589 g/mol. The lowest BCUT2D eigenvalue weighted by atomic mass is 10.1. The number of aliphatic hydroxyl groups excluding tert-OH is 1. The van der Waals surface area contributed by atoms with Crippen LogP contribution in [0.1, 0.15) is 61.5 Å². The number of carbonyl (C=O) groups is 1. The molecule has 0 aliphatic carbocycles. The van der Waals surface area contributed by atoms with Gasteiger partial charge >= 0.3 is 17.5 Å². The molecule has 42 heavy (non-hydrogen) atoms. The summed E-state index contributed by atoms with van der Waals surface area (Å²) in [7, 11) is 0. The van der Waals surface area contributed by atoms with Crippen LogP contribution >= 0.6 is 0 Å². The van der Waals surface area contributed by atoms with Crippen LogP contribution in [0.3, 0.4) is 0 Å². The number of H-pyrrole nitrogens is 2. The van der Waals surface area contributed by atoms with Gasteiger partial charge in [-0.25, -0.2) is 19.1 Å². The molecular weight excluding hydrogens is 556 g/mol. The number of rotatable bonds is 8. The Morgan fingerprint density at radius 2 is 1.60 bits per heavy atom. The van der Waals surface area contributed by atoms with Crippen molar-refractivity contribution < 1.29 is 24.1 Å². The second-order valence-electron chi connectivity index (χ2n) is 10.4. The molecule has 0 bridgehead atoms. The number of amides is 1. The molecular formula is C25H32N8O9. The number of hydrogen-bond donors (Lipinski definition) is 4. The zero-order valence-electron chi connectivity index (χ0n) is 23.2. The standard InChI is InChI=1S/C25H32N8O9/c1-4-17-15(5-19(41-17)31-8-12(2)21(35)27-23(31)37)33-10-14(29-30-33)7-26-25(39)40-11-18-16(34)6-20(42-18)32-9-13(3)22(36)28-24(32)38/h8-10,15-20,34H,4-7,11H2,1-3H3,(H,26,39)(H,27,35,37)(H,28,36,38)/t15?,16?,17-,18-,19-,20-/m1/s1. The molecule has 0 saturated carbocycles. The minimum Gasteiger partial charge on any atom is -0.447 e. The Morgan fingerprint density at radius 3 is 2.21 bits per heavy atom. The maximum atomic E-state index is 12.3. The van der Waals surface area contributed by atoms with E-state index in [4.69, 9.17) is 14.2 Å². The molecule has 5 rings (SSSR count). The Balaban J connectivity index is 1.14. The zero-order valence-corrected chi connectivity index (χ0v) is 23.2. The molecule has 2 saturated heterocycles. The molecule has 0 spiro atoms. The lowest BCUT2D eigenvalue weighted by molar-refractivity contribution is -0.0490. The molecule has 2 fully saturated rings. The summed E-state index contributed by atoms with van der Waals surface area (Å²) in [6.45, 7) is 4.84. The first-order valence-electron chi connectivity index (χ1n) is 13.5. The number of aryl methyl sites for hydroxylation is 2. The van der Waals surface area contributed by atoms with Crippen molar-refractivity contribution in [1.29, 1.82) is 0 Å². The van der Waals surface area contributed by atoms with Crippen molar-refractivity contribution in [3.05, 3.63) is 77.1 Å². The summed E-state index contributed by atoms with van der Waals surface area (Å²) >= 11 is 0. The van der Waals surface area contributed by atoms with Gasteiger partial charge in [-0.1, -0.05) is 12.1 Å². The van der Waals surface area contributed by atoms with Crippen LogP contribution < -0.4 is 27.8 Å². The number of hydrogen-bond acceptors (Lipinski definition) is 11. The lowest BCUT2D eigenvalue weighted by Gasteiger charge is -2.16. The average Bonchev–Trinajstić information content (AvgIpc) is 3.68. The third-order valence-corrected chi connectivity index (χ3v) is 7.41. The van der Waals surface area contributed by atoms with Gasteiger partial charge in [0.15, 0.2) is 0 Å². The van der Waals surface area contributed by atoms with Gasteiger partial charge < -0.3 is 24.6 Å². The molecule has 0 aromatic carbocycles. The number of alkyl carbamates (subject to hydrolysis) is 1. The fraction of sp³-hybridized carbons (Fsp3) is 0.560. The molecule has 2 unspecified atom stereocenters. The van der Waals surface area contributed by atoms with Gasteiger partial charge in [0.1, 0.15) is 30.9 Å². The van der Waals surface area contributed by atoms with Gasteiger partial charge in [0.2, 0.25) is 0 Å². The summed E-state index contributed by atoms with van der Waals surface area (Å²) in [4.78, 5) is 64.6. The molecule has 0 radical (unpaired) electrons. The van der Waals surface area contributed by atoms with Gasteiger partial charge in [0, 0.05) is 36.4 Å². The molecule has 17 nitrogen and oxygen atoms in total. The van der Waals surface area contributed by atoms with E-state index in [9.17, 15) is 29.1 Å². The first kappa shape index (κ1) is 29.2. The third kappa shape index (κ3) is 5.97. The topological polar surface area (TPSA) is 217 Å². The first-order valence-corrected chi connectivity index (χ1v) is 13.5. The predicted octanol–water partition coefficient (Wildman–Crippen LogP) is -0.891. The SMILES string of the molecule is CC[C@H]1O[C@@H](n2cc(C)c(=O)[nH]c2=O)CC1n1cc(CNC(=O)OC[C@H]2O[C@@H](n3cc(C)c(=O)[nH]c3=O)CC2O)nn1. The minimum atomic E-state index is -0.998. The molecule has 3 aromatic heterocycles.